The topological polar surface area (TPSA) is 15.3 Å². The third-order valence-corrected chi connectivity index (χ3v) is 5.32. The van der Waals surface area contributed by atoms with E-state index in [0.717, 1.165) is 30.0 Å². The van der Waals surface area contributed by atoms with Crippen LogP contribution in [0.3, 0.4) is 0 Å². The molecule has 20 heavy (non-hydrogen) atoms. The van der Waals surface area contributed by atoms with Gasteiger partial charge in [-0.15, -0.1) is 0 Å². The molecule has 0 bridgehead atoms. The summed E-state index contributed by atoms with van der Waals surface area (Å²) in [7, 11) is 0. The van der Waals surface area contributed by atoms with Gasteiger partial charge < -0.3 is 10.2 Å². The number of rotatable bonds is 5. The lowest BCUT2D eigenvalue weighted by Crippen LogP contribution is -2.48. The number of hydrogen-bond donors (Lipinski definition) is 1. The molecular formula is C18H36N2. The Balaban J connectivity index is 1.71. The third-order valence-electron chi connectivity index (χ3n) is 5.32. The van der Waals surface area contributed by atoms with Gasteiger partial charge >= 0.3 is 0 Å². The summed E-state index contributed by atoms with van der Waals surface area (Å²) in [4.78, 5) is 2.63. The molecule has 1 aliphatic carbocycles. The minimum absolute atomic E-state index is 0.723. The zero-order valence-electron chi connectivity index (χ0n) is 14.2. The Morgan fingerprint density at radius 2 is 1.65 bits per heavy atom. The smallest absolute Gasteiger partial charge is 0.00940 e. The molecule has 0 spiro atoms. The van der Waals surface area contributed by atoms with E-state index >= 15 is 0 Å². The molecule has 2 aliphatic rings. The number of nitrogens with one attached hydrogen (secondary N) is 1. The molecule has 0 aromatic rings. The van der Waals surface area contributed by atoms with E-state index in [1.165, 1.54) is 58.0 Å². The number of likely N-dealkylation sites (tertiary alicyclic amines) is 1. The highest BCUT2D eigenvalue weighted by Crippen LogP contribution is 2.30. The molecule has 1 saturated heterocycles. The van der Waals surface area contributed by atoms with Gasteiger partial charge in [-0.1, -0.05) is 26.7 Å². The van der Waals surface area contributed by atoms with Gasteiger partial charge in [0.05, 0.1) is 0 Å². The quantitative estimate of drug-likeness (QED) is 0.817. The molecule has 1 aliphatic heterocycles. The second-order valence-corrected chi connectivity index (χ2v) is 7.93. The maximum atomic E-state index is 3.99. The Bertz CT molecular complexity index is 267. The molecule has 0 radical (unpaired) electrons. The highest BCUT2D eigenvalue weighted by atomic mass is 15.2. The largest absolute Gasteiger partial charge is 0.311 e. The van der Waals surface area contributed by atoms with Crippen molar-refractivity contribution < 1.29 is 0 Å². The van der Waals surface area contributed by atoms with Gasteiger partial charge in [0.15, 0.2) is 0 Å². The van der Waals surface area contributed by atoms with Gasteiger partial charge in [-0.2, -0.15) is 0 Å². The summed E-state index contributed by atoms with van der Waals surface area (Å²) in [6.07, 6.45) is 9.90. The zero-order valence-corrected chi connectivity index (χ0v) is 14.2. The molecule has 0 aromatic carbocycles. The Hall–Kier alpha value is -0.0800. The monoisotopic (exact) mass is 280 g/mol. The van der Waals surface area contributed by atoms with Crippen molar-refractivity contribution >= 4 is 0 Å². The van der Waals surface area contributed by atoms with E-state index in [2.05, 4.69) is 37.9 Å². The summed E-state index contributed by atoms with van der Waals surface area (Å²) in [5.41, 5.74) is 0. The van der Waals surface area contributed by atoms with Crippen LogP contribution < -0.4 is 5.32 Å². The molecular weight excluding hydrogens is 244 g/mol. The molecule has 2 rings (SSSR count). The lowest BCUT2D eigenvalue weighted by Gasteiger charge is -2.38. The van der Waals surface area contributed by atoms with Crippen LogP contribution in [0, 0.1) is 11.8 Å². The van der Waals surface area contributed by atoms with E-state index in [4.69, 9.17) is 0 Å². The summed E-state index contributed by atoms with van der Waals surface area (Å²) in [6, 6.07) is 2.32. The van der Waals surface area contributed by atoms with Crippen molar-refractivity contribution in [3.05, 3.63) is 0 Å². The predicted molar refractivity (Wildman–Crippen MR) is 88.1 cm³/mol. The third kappa shape index (κ3) is 5.04. The van der Waals surface area contributed by atoms with Crippen molar-refractivity contribution in [1.29, 1.82) is 0 Å². The van der Waals surface area contributed by atoms with Gasteiger partial charge in [0.2, 0.25) is 0 Å². The Morgan fingerprint density at radius 1 is 0.950 bits per heavy atom. The van der Waals surface area contributed by atoms with Gasteiger partial charge in [0.25, 0.3) is 0 Å². The van der Waals surface area contributed by atoms with Crippen LogP contribution in [0.5, 0.6) is 0 Å². The summed E-state index contributed by atoms with van der Waals surface area (Å²) in [5, 5.41) is 3.99. The number of nitrogens with zero attached hydrogens (tertiary/aromatic N) is 1. The van der Waals surface area contributed by atoms with Gasteiger partial charge in [-0.3, -0.25) is 0 Å². The minimum Gasteiger partial charge on any atom is -0.311 e. The van der Waals surface area contributed by atoms with Gasteiger partial charge in [-0.25, -0.2) is 0 Å². The van der Waals surface area contributed by atoms with Crippen LogP contribution >= 0.6 is 0 Å². The fraction of sp³-hybridized carbons (Fsp3) is 1.00. The molecule has 2 heteroatoms. The van der Waals surface area contributed by atoms with E-state index in [1.54, 1.807) is 0 Å². The maximum absolute atomic E-state index is 3.99. The van der Waals surface area contributed by atoms with E-state index in [1.807, 2.05) is 0 Å². The highest BCUT2D eigenvalue weighted by molar-refractivity contribution is 4.85. The van der Waals surface area contributed by atoms with Crippen LogP contribution in [0.2, 0.25) is 0 Å². The van der Waals surface area contributed by atoms with E-state index in [9.17, 15) is 0 Å². The summed E-state index contributed by atoms with van der Waals surface area (Å²) < 4.78 is 0. The molecule has 2 nitrogen and oxygen atoms in total. The Morgan fingerprint density at radius 3 is 2.25 bits per heavy atom. The SMILES string of the molecule is CC(C)CC1CCCC(NC2CCN(C(C)C)CC2)C1. The summed E-state index contributed by atoms with van der Waals surface area (Å²) in [5.74, 6) is 1.85. The molecule has 1 N–H and O–H groups in total. The van der Waals surface area contributed by atoms with Crippen LogP contribution in [0.1, 0.15) is 72.6 Å². The van der Waals surface area contributed by atoms with E-state index in [-0.39, 0.29) is 0 Å². The van der Waals surface area contributed by atoms with Crippen LogP contribution in [-0.2, 0) is 0 Å². The lowest BCUT2D eigenvalue weighted by molar-refractivity contribution is 0.146. The Labute approximate surface area is 126 Å². The maximum Gasteiger partial charge on any atom is 0.00940 e. The number of piperidine rings is 1. The lowest BCUT2D eigenvalue weighted by atomic mass is 9.80. The first-order valence-corrected chi connectivity index (χ1v) is 9.04. The molecule has 0 aromatic heterocycles. The summed E-state index contributed by atoms with van der Waals surface area (Å²) >= 11 is 0. The van der Waals surface area contributed by atoms with Gasteiger partial charge in [-0.05, 0) is 70.9 Å². The van der Waals surface area contributed by atoms with Crippen molar-refractivity contribution in [2.75, 3.05) is 13.1 Å². The minimum atomic E-state index is 0.723. The van der Waals surface area contributed by atoms with Crippen molar-refractivity contribution in [3.63, 3.8) is 0 Å². The first-order chi connectivity index (χ1) is 9.54. The van der Waals surface area contributed by atoms with Gasteiger partial charge in [0.1, 0.15) is 0 Å². The standard InChI is InChI=1S/C18H36N2/c1-14(2)12-16-6-5-7-18(13-16)19-17-8-10-20(11-9-17)15(3)4/h14-19H,5-13H2,1-4H3. The van der Waals surface area contributed by atoms with Crippen LogP contribution in [-0.4, -0.2) is 36.1 Å². The van der Waals surface area contributed by atoms with Crippen molar-refractivity contribution in [1.82, 2.24) is 10.2 Å². The van der Waals surface area contributed by atoms with Crippen LogP contribution in [0.15, 0.2) is 0 Å². The zero-order chi connectivity index (χ0) is 14.5. The van der Waals surface area contributed by atoms with Crippen molar-refractivity contribution in [2.45, 2.75) is 90.8 Å². The average Bonchev–Trinajstić information content (AvgIpc) is 2.39. The second-order valence-electron chi connectivity index (χ2n) is 7.93. The van der Waals surface area contributed by atoms with Crippen molar-refractivity contribution in [2.24, 2.45) is 11.8 Å². The highest BCUT2D eigenvalue weighted by Gasteiger charge is 2.26. The fourth-order valence-corrected chi connectivity index (χ4v) is 4.24. The van der Waals surface area contributed by atoms with E-state index in [0.29, 0.717) is 0 Å². The average molecular weight is 281 g/mol. The molecule has 2 unspecified atom stereocenters. The first kappa shape index (κ1) is 16.3. The molecule has 1 heterocycles. The van der Waals surface area contributed by atoms with Crippen molar-refractivity contribution in [3.8, 4) is 0 Å². The normalized spacial score (nSPS) is 30.3. The van der Waals surface area contributed by atoms with Crippen LogP contribution in [0.4, 0.5) is 0 Å². The predicted octanol–water partition coefficient (Wildman–Crippen LogP) is 4.05. The molecule has 1 saturated carbocycles. The first-order valence-electron chi connectivity index (χ1n) is 9.04. The molecule has 2 atom stereocenters. The van der Waals surface area contributed by atoms with E-state index < -0.39 is 0 Å². The number of hydrogen-bond acceptors (Lipinski definition) is 2. The second kappa shape index (κ2) is 7.79. The Kier molecular flexibility index (Phi) is 6.35. The molecule has 0 amide bonds. The van der Waals surface area contributed by atoms with Gasteiger partial charge in [0, 0.05) is 18.1 Å². The fourth-order valence-electron chi connectivity index (χ4n) is 4.24. The van der Waals surface area contributed by atoms with Crippen LogP contribution in [0.25, 0.3) is 0 Å². The molecule has 118 valence electrons. The molecule has 2 fully saturated rings. The summed E-state index contributed by atoms with van der Waals surface area (Å²) in [6.45, 7) is 12.0.